The molecule has 2 aromatic rings. The Labute approximate surface area is 199 Å². The van der Waals surface area contributed by atoms with Crippen LogP contribution in [0.4, 0.5) is 9.18 Å². The van der Waals surface area contributed by atoms with Crippen LogP contribution in [0.5, 0.6) is 11.5 Å². The third-order valence-electron chi connectivity index (χ3n) is 7.14. The SMILES string of the molecule is COc1ccc(C23CCC(NC(=O)NSCc4ccc(F)cc4)CC2N(C)CC3)cc1OC. The van der Waals surface area contributed by atoms with Crippen LogP contribution in [0.15, 0.2) is 42.5 Å². The highest BCUT2D eigenvalue weighted by Gasteiger charge is 2.50. The van der Waals surface area contributed by atoms with Crippen LogP contribution in [0, 0.1) is 5.82 Å². The molecular formula is C25H32FN3O3S. The van der Waals surface area contributed by atoms with E-state index in [1.807, 2.05) is 6.07 Å². The number of carbonyl (C=O) groups is 1. The van der Waals surface area contributed by atoms with Crippen molar-refractivity contribution in [2.75, 3.05) is 27.8 Å². The minimum absolute atomic E-state index is 0.0558. The van der Waals surface area contributed by atoms with Crippen molar-refractivity contribution in [3.8, 4) is 11.5 Å². The molecule has 0 aromatic heterocycles. The standard InChI is InChI=1S/C25H32FN3O3S/c1-29-13-12-25(18-6-9-21(31-2)22(14-18)32-3)11-10-20(15-23(25)29)27-24(30)28-33-16-17-4-7-19(26)8-5-17/h4-9,14,20,23H,10-13,15-16H2,1-3H3,(H2,27,28,30). The number of amides is 2. The molecule has 6 nitrogen and oxygen atoms in total. The first kappa shape index (κ1) is 23.7. The van der Waals surface area contributed by atoms with Crippen molar-refractivity contribution in [1.82, 2.24) is 14.9 Å². The number of halogens is 1. The normalized spacial score (nSPS) is 24.7. The highest BCUT2D eigenvalue weighted by Crippen LogP contribution is 2.49. The maximum absolute atomic E-state index is 13.0. The minimum atomic E-state index is -0.257. The first-order chi connectivity index (χ1) is 15.9. The van der Waals surface area contributed by atoms with E-state index in [0.29, 0.717) is 11.8 Å². The number of likely N-dealkylation sites (tertiary alicyclic amines) is 1. The Morgan fingerprint density at radius 2 is 1.91 bits per heavy atom. The third kappa shape index (κ3) is 5.06. The molecule has 1 aliphatic heterocycles. The predicted octanol–water partition coefficient (Wildman–Crippen LogP) is 4.48. The van der Waals surface area contributed by atoms with Gasteiger partial charge in [0.05, 0.1) is 14.2 Å². The molecule has 4 rings (SSSR count). The van der Waals surface area contributed by atoms with Crippen molar-refractivity contribution in [3.05, 3.63) is 59.4 Å². The van der Waals surface area contributed by atoms with Gasteiger partial charge in [-0.2, -0.15) is 0 Å². The lowest BCUT2D eigenvalue weighted by atomic mass is 9.65. The van der Waals surface area contributed by atoms with Gasteiger partial charge >= 0.3 is 6.03 Å². The van der Waals surface area contributed by atoms with Crippen molar-refractivity contribution in [2.24, 2.45) is 0 Å². The van der Waals surface area contributed by atoms with Crippen LogP contribution in [0.25, 0.3) is 0 Å². The highest BCUT2D eigenvalue weighted by atomic mass is 32.2. The van der Waals surface area contributed by atoms with Gasteiger partial charge in [-0.1, -0.05) is 18.2 Å². The van der Waals surface area contributed by atoms with E-state index in [0.717, 1.165) is 49.3 Å². The summed E-state index contributed by atoms with van der Waals surface area (Å²) >= 11 is 1.31. The summed E-state index contributed by atoms with van der Waals surface area (Å²) in [7, 11) is 5.50. The average molecular weight is 474 g/mol. The van der Waals surface area contributed by atoms with Gasteiger partial charge in [0.1, 0.15) is 5.82 Å². The molecule has 178 valence electrons. The Morgan fingerprint density at radius 3 is 2.64 bits per heavy atom. The van der Waals surface area contributed by atoms with Gasteiger partial charge in [0.25, 0.3) is 0 Å². The molecule has 8 heteroatoms. The van der Waals surface area contributed by atoms with Crippen LogP contribution >= 0.6 is 11.9 Å². The first-order valence-corrected chi connectivity index (χ1v) is 12.3. The lowest BCUT2D eigenvalue weighted by Crippen LogP contribution is -2.52. The number of hydrogen-bond acceptors (Lipinski definition) is 5. The number of methoxy groups -OCH3 is 2. The van der Waals surface area contributed by atoms with Gasteiger partial charge in [0, 0.05) is 23.3 Å². The summed E-state index contributed by atoms with van der Waals surface area (Å²) in [5.74, 6) is 1.83. The van der Waals surface area contributed by atoms with Gasteiger partial charge in [0.2, 0.25) is 0 Å². The highest BCUT2D eigenvalue weighted by molar-refractivity contribution is 7.97. The number of urea groups is 1. The van der Waals surface area contributed by atoms with E-state index in [-0.39, 0.29) is 23.3 Å². The molecule has 1 heterocycles. The zero-order valence-electron chi connectivity index (χ0n) is 19.4. The van der Waals surface area contributed by atoms with Gasteiger partial charge in [-0.3, -0.25) is 4.72 Å². The number of ether oxygens (including phenoxy) is 2. The summed E-state index contributed by atoms with van der Waals surface area (Å²) in [4.78, 5) is 14.9. The largest absolute Gasteiger partial charge is 0.493 e. The topological polar surface area (TPSA) is 62.8 Å². The number of hydrogen-bond donors (Lipinski definition) is 2. The summed E-state index contributed by atoms with van der Waals surface area (Å²) in [6, 6.07) is 12.9. The van der Waals surface area contributed by atoms with Crippen molar-refractivity contribution in [2.45, 2.75) is 48.9 Å². The Morgan fingerprint density at radius 1 is 1.15 bits per heavy atom. The van der Waals surface area contributed by atoms with Crippen molar-refractivity contribution in [1.29, 1.82) is 0 Å². The maximum Gasteiger partial charge on any atom is 0.324 e. The lowest BCUT2D eigenvalue weighted by molar-refractivity contribution is 0.155. The number of benzene rings is 2. The molecule has 2 aliphatic rings. The summed E-state index contributed by atoms with van der Waals surface area (Å²) in [5.41, 5.74) is 2.30. The second kappa shape index (κ2) is 10.2. The zero-order chi connectivity index (χ0) is 23.4. The third-order valence-corrected chi connectivity index (χ3v) is 7.95. The molecule has 3 unspecified atom stereocenters. The van der Waals surface area contributed by atoms with Gasteiger partial charge in [-0.05, 0) is 86.6 Å². The van der Waals surface area contributed by atoms with Crippen molar-refractivity contribution >= 4 is 18.0 Å². The van der Waals surface area contributed by atoms with Crippen LogP contribution in [0.2, 0.25) is 0 Å². The number of fused-ring (bicyclic) bond motifs is 1. The molecule has 1 aliphatic carbocycles. The van der Waals surface area contributed by atoms with Crippen LogP contribution in [-0.4, -0.2) is 50.8 Å². The van der Waals surface area contributed by atoms with E-state index < -0.39 is 0 Å². The van der Waals surface area contributed by atoms with E-state index >= 15 is 0 Å². The Balaban J connectivity index is 1.37. The Bertz CT molecular complexity index is 974. The van der Waals surface area contributed by atoms with E-state index in [1.165, 1.54) is 29.6 Å². The van der Waals surface area contributed by atoms with E-state index in [9.17, 15) is 9.18 Å². The predicted molar refractivity (Wildman–Crippen MR) is 129 cm³/mol. The van der Waals surface area contributed by atoms with Crippen LogP contribution in [0.1, 0.15) is 36.8 Å². The molecule has 2 N–H and O–H groups in total. The quantitative estimate of drug-likeness (QED) is 0.581. The summed E-state index contributed by atoms with van der Waals surface area (Å²) in [5, 5.41) is 3.15. The van der Waals surface area contributed by atoms with Gasteiger partial charge in [-0.15, -0.1) is 0 Å². The molecule has 33 heavy (non-hydrogen) atoms. The van der Waals surface area contributed by atoms with Gasteiger partial charge in [0.15, 0.2) is 11.5 Å². The molecule has 2 amide bonds. The number of nitrogens with zero attached hydrogens (tertiary/aromatic N) is 1. The van der Waals surface area contributed by atoms with E-state index in [2.05, 4.69) is 34.1 Å². The number of likely N-dealkylation sites (N-methyl/N-ethyl adjacent to an activating group) is 1. The van der Waals surface area contributed by atoms with Gasteiger partial charge < -0.3 is 19.7 Å². The van der Waals surface area contributed by atoms with Crippen molar-refractivity contribution in [3.63, 3.8) is 0 Å². The molecule has 0 spiro atoms. The summed E-state index contributed by atoms with van der Waals surface area (Å²) in [6.07, 6.45) is 3.93. The summed E-state index contributed by atoms with van der Waals surface area (Å²) in [6.45, 7) is 1.03. The average Bonchev–Trinajstić information content (AvgIpc) is 3.17. The van der Waals surface area contributed by atoms with Crippen LogP contribution in [0.3, 0.4) is 0 Å². The van der Waals surface area contributed by atoms with E-state index in [1.54, 1.807) is 26.4 Å². The van der Waals surface area contributed by atoms with Crippen LogP contribution < -0.4 is 19.5 Å². The molecule has 3 atom stereocenters. The van der Waals surface area contributed by atoms with E-state index in [4.69, 9.17) is 9.47 Å². The molecule has 0 radical (unpaired) electrons. The second-order valence-electron chi connectivity index (χ2n) is 8.93. The fraction of sp³-hybridized carbons (Fsp3) is 0.480. The fourth-order valence-electron chi connectivity index (χ4n) is 5.38. The monoisotopic (exact) mass is 473 g/mol. The maximum atomic E-state index is 13.0. The molecular weight excluding hydrogens is 441 g/mol. The fourth-order valence-corrected chi connectivity index (χ4v) is 6.00. The molecule has 0 bridgehead atoms. The minimum Gasteiger partial charge on any atom is -0.493 e. The summed E-state index contributed by atoms with van der Waals surface area (Å²) < 4.78 is 26.9. The number of nitrogens with one attached hydrogen (secondary N) is 2. The number of rotatable bonds is 7. The Kier molecular flexibility index (Phi) is 7.34. The second-order valence-corrected chi connectivity index (χ2v) is 9.72. The molecule has 1 saturated carbocycles. The molecule has 2 aromatic carbocycles. The van der Waals surface area contributed by atoms with Crippen LogP contribution in [-0.2, 0) is 11.2 Å². The first-order valence-electron chi connectivity index (χ1n) is 11.3. The molecule has 2 fully saturated rings. The molecule has 1 saturated heterocycles. The zero-order valence-corrected chi connectivity index (χ0v) is 20.2. The van der Waals surface area contributed by atoms with Crippen molar-refractivity contribution < 1.29 is 18.7 Å². The Hall–Kier alpha value is -2.45. The lowest BCUT2D eigenvalue weighted by Gasteiger charge is -2.45. The smallest absolute Gasteiger partial charge is 0.324 e. The van der Waals surface area contributed by atoms with Gasteiger partial charge in [-0.25, -0.2) is 9.18 Å². The number of carbonyl (C=O) groups excluding carboxylic acids is 1.